The summed E-state index contributed by atoms with van der Waals surface area (Å²) in [5, 5.41) is 7.79. The van der Waals surface area contributed by atoms with Gasteiger partial charge in [0.15, 0.2) is 6.61 Å². The van der Waals surface area contributed by atoms with E-state index in [1.54, 1.807) is 34.8 Å². The fraction of sp³-hybridized carbons (Fsp3) is 0.353. The average molecular weight is 397 g/mol. The lowest BCUT2D eigenvalue weighted by Crippen LogP contribution is -2.43. The van der Waals surface area contributed by atoms with Crippen molar-refractivity contribution >= 4 is 40.8 Å². The summed E-state index contributed by atoms with van der Waals surface area (Å²) < 4.78 is 7.05. The number of ether oxygens (including phenoxy) is 1. The predicted molar refractivity (Wildman–Crippen MR) is 98.8 cm³/mol. The Bertz CT molecular complexity index is 832. The third kappa shape index (κ3) is 4.11. The van der Waals surface area contributed by atoms with Crippen molar-refractivity contribution in [3.8, 4) is 5.75 Å². The number of aromatic nitrogens is 2. The summed E-state index contributed by atoms with van der Waals surface area (Å²) in [4.78, 5) is 26.3. The molecule has 1 aliphatic heterocycles. The van der Waals surface area contributed by atoms with Crippen LogP contribution in [0, 0.1) is 6.92 Å². The first-order valence-corrected chi connectivity index (χ1v) is 8.79. The Balaban J connectivity index is 1.56. The lowest BCUT2D eigenvalue weighted by Gasteiger charge is -2.17. The van der Waals surface area contributed by atoms with Crippen molar-refractivity contribution in [1.29, 1.82) is 0 Å². The monoisotopic (exact) mass is 396 g/mol. The van der Waals surface area contributed by atoms with Crippen LogP contribution in [-0.2, 0) is 16.6 Å². The summed E-state index contributed by atoms with van der Waals surface area (Å²) in [6, 6.07) is 5.96. The molecule has 1 fully saturated rings. The van der Waals surface area contributed by atoms with Crippen LogP contribution in [0.3, 0.4) is 0 Å². The van der Waals surface area contributed by atoms with E-state index in [0.717, 1.165) is 5.69 Å². The fourth-order valence-electron chi connectivity index (χ4n) is 2.89. The van der Waals surface area contributed by atoms with E-state index in [0.29, 0.717) is 34.6 Å². The molecule has 1 atom stereocenters. The number of aryl methyl sites for hydroxylation is 2. The second kappa shape index (κ2) is 7.55. The summed E-state index contributed by atoms with van der Waals surface area (Å²) in [7, 11) is 1.78. The van der Waals surface area contributed by atoms with Gasteiger partial charge in [-0.2, -0.15) is 5.10 Å². The minimum absolute atomic E-state index is 0.160. The Kier molecular flexibility index (Phi) is 5.38. The summed E-state index contributed by atoms with van der Waals surface area (Å²) in [5.41, 5.74) is 0.830. The molecule has 1 aliphatic rings. The molecule has 9 heteroatoms. The highest BCUT2D eigenvalue weighted by Gasteiger charge is 2.35. The Morgan fingerprint density at radius 3 is 2.62 bits per heavy atom. The van der Waals surface area contributed by atoms with Crippen molar-refractivity contribution in [2.45, 2.75) is 19.4 Å². The Hall–Kier alpha value is -2.25. The molecule has 1 N–H and O–H groups in total. The molecule has 1 saturated heterocycles. The zero-order valence-electron chi connectivity index (χ0n) is 14.3. The average Bonchev–Trinajstić information content (AvgIpc) is 3.07. The van der Waals surface area contributed by atoms with Crippen molar-refractivity contribution in [3.05, 3.63) is 40.0 Å². The Labute approximate surface area is 160 Å². The Morgan fingerprint density at radius 1 is 1.31 bits per heavy atom. The van der Waals surface area contributed by atoms with E-state index in [2.05, 4.69) is 10.4 Å². The van der Waals surface area contributed by atoms with Gasteiger partial charge in [0, 0.05) is 29.7 Å². The molecule has 1 aromatic carbocycles. The molecule has 2 heterocycles. The summed E-state index contributed by atoms with van der Waals surface area (Å²) in [6.07, 6.45) is 0.526. The first kappa shape index (κ1) is 18.5. The van der Waals surface area contributed by atoms with E-state index < -0.39 is 6.04 Å². The summed E-state index contributed by atoms with van der Waals surface area (Å²) in [5.74, 6) is 0.561. The van der Waals surface area contributed by atoms with Gasteiger partial charge in [0.1, 0.15) is 17.6 Å². The molecule has 1 aromatic heterocycles. The van der Waals surface area contributed by atoms with Crippen molar-refractivity contribution in [2.75, 3.05) is 18.1 Å². The molecular formula is C17H18Cl2N4O3. The van der Waals surface area contributed by atoms with Crippen LogP contribution >= 0.6 is 23.2 Å². The second-order valence-electron chi connectivity index (χ2n) is 6.06. The van der Waals surface area contributed by atoms with E-state index in [-0.39, 0.29) is 18.4 Å². The van der Waals surface area contributed by atoms with Crippen LogP contribution in [0.5, 0.6) is 5.75 Å². The molecule has 3 rings (SSSR count). The van der Waals surface area contributed by atoms with E-state index in [9.17, 15) is 9.59 Å². The molecule has 0 spiro atoms. The van der Waals surface area contributed by atoms with E-state index in [1.165, 1.54) is 0 Å². The van der Waals surface area contributed by atoms with Crippen LogP contribution in [0.25, 0.3) is 0 Å². The van der Waals surface area contributed by atoms with Gasteiger partial charge in [-0.15, -0.1) is 0 Å². The largest absolute Gasteiger partial charge is 0.484 e. The van der Waals surface area contributed by atoms with Crippen LogP contribution in [-0.4, -0.2) is 40.8 Å². The predicted octanol–water partition coefficient (Wildman–Crippen LogP) is 2.34. The van der Waals surface area contributed by atoms with Crippen LogP contribution in [0.2, 0.25) is 10.0 Å². The van der Waals surface area contributed by atoms with Crippen LogP contribution in [0.4, 0.5) is 5.82 Å². The number of hydrogen-bond acceptors (Lipinski definition) is 4. The van der Waals surface area contributed by atoms with Gasteiger partial charge in [0.25, 0.3) is 11.8 Å². The normalized spacial score (nSPS) is 16.8. The number of nitrogens with zero attached hydrogens (tertiary/aromatic N) is 3. The molecule has 2 amide bonds. The zero-order valence-corrected chi connectivity index (χ0v) is 15.8. The highest BCUT2D eigenvalue weighted by molar-refractivity contribution is 6.34. The molecule has 0 saturated carbocycles. The highest BCUT2D eigenvalue weighted by atomic mass is 35.5. The van der Waals surface area contributed by atoms with Crippen molar-refractivity contribution < 1.29 is 14.3 Å². The van der Waals surface area contributed by atoms with Crippen LogP contribution in [0.15, 0.2) is 24.3 Å². The maximum atomic E-state index is 12.6. The summed E-state index contributed by atoms with van der Waals surface area (Å²) >= 11 is 11.8. The standard InChI is InChI=1S/C17H18Cl2N4O3/c1-10-5-16(22(2)21-10)23-4-3-14(17(23)25)20-15(24)9-26-13-7-11(18)6-12(19)8-13/h5-8,14H,3-4,9H2,1-2H3,(H,20,24). The quantitative estimate of drug-likeness (QED) is 0.841. The van der Waals surface area contributed by atoms with Crippen molar-refractivity contribution in [3.63, 3.8) is 0 Å². The first-order chi connectivity index (χ1) is 12.3. The van der Waals surface area contributed by atoms with Gasteiger partial charge >= 0.3 is 0 Å². The third-order valence-corrected chi connectivity index (χ3v) is 4.44. The van der Waals surface area contributed by atoms with E-state index in [1.807, 2.05) is 13.0 Å². The SMILES string of the molecule is Cc1cc(N2CCC(NC(=O)COc3cc(Cl)cc(Cl)c3)C2=O)n(C)n1. The smallest absolute Gasteiger partial charge is 0.258 e. The molecule has 0 bridgehead atoms. The number of halogens is 2. The fourth-order valence-corrected chi connectivity index (χ4v) is 3.39. The topological polar surface area (TPSA) is 76.5 Å². The maximum Gasteiger partial charge on any atom is 0.258 e. The summed E-state index contributed by atoms with van der Waals surface area (Å²) in [6.45, 7) is 2.15. The van der Waals surface area contributed by atoms with Gasteiger partial charge in [-0.05, 0) is 31.5 Å². The molecule has 0 radical (unpaired) electrons. The number of nitrogens with one attached hydrogen (secondary N) is 1. The van der Waals surface area contributed by atoms with Crippen LogP contribution < -0.4 is 15.0 Å². The molecule has 138 valence electrons. The van der Waals surface area contributed by atoms with Gasteiger partial charge in [-0.1, -0.05) is 23.2 Å². The zero-order chi connectivity index (χ0) is 18.8. The van der Waals surface area contributed by atoms with Gasteiger partial charge in [-0.3, -0.25) is 19.2 Å². The molecule has 2 aromatic rings. The van der Waals surface area contributed by atoms with Crippen molar-refractivity contribution in [1.82, 2.24) is 15.1 Å². The van der Waals surface area contributed by atoms with Gasteiger partial charge in [0.05, 0.1) is 5.69 Å². The number of hydrogen-bond donors (Lipinski definition) is 1. The Morgan fingerprint density at radius 2 is 2.00 bits per heavy atom. The number of amides is 2. The second-order valence-corrected chi connectivity index (χ2v) is 6.93. The van der Waals surface area contributed by atoms with E-state index >= 15 is 0 Å². The lowest BCUT2D eigenvalue weighted by atomic mass is 10.2. The third-order valence-electron chi connectivity index (χ3n) is 4.00. The number of anilines is 1. The van der Waals surface area contributed by atoms with Gasteiger partial charge in [0.2, 0.25) is 0 Å². The molecule has 0 aliphatic carbocycles. The number of benzene rings is 1. The molecule has 7 nitrogen and oxygen atoms in total. The number of carbonyl (C=O) groups excluding carboxylic acids is 2. The molecule has 1 unspecified atom stereocenters. The molecular weight excluding hydrogens is 379 g/mol. The molecule has 26 heavy (non-hydrogen) atoms. The van der Waals surface area contributed by atoms with Crippen molar-refractivity contribution in [2.24, 2.45) is 7.05 Å². The van der Waals surface area contributed by atoms with Crippen LogP contribution in [0.1, 0.15) is 12.1 Å². The number of rotatable bonds is 5. The lowest BCUT2D eigenvalue weighted by molar-refractivity contribution is -0.127. The highest BCUT2D eigenvalue weighted by Crippen LogP contribution is 2.24. The van der Waals surface area contributed by atoms with Gasteiger partial charge < -0.3 is 10.1 Å². The number of carbonyl (C=O) groups is 2. The maximum absolute atomic E-state index is 12.6. The minimum Gasteiger partial charge on any atom is -0.484 e. The first-order valence-electron chi connectivity index (χ1n) is 8.04. The van der Waals surface area contributed by atoms with E-state index in [4.69, 9.17) is 27.9 Å². The van der Waals surface area contributed by atoms with Gasteiger partial charge in [-0.25, -0.2) is 0 Å². The minimum atomic E-state index is -0.579.